The highest BCUT2D eigenvalue weighted by atomic mass is 127. The Kier molecular flexibility index (Phi) is 13.3. The van der Waals surface area contributed by atoms with Gasteiger partial charge in [-0.1, -0.05) is 23.7 Å². The molecule has 54 heavy (non-hydrogen) atoms. The van der Waals surface area contributed by atoms with Crippen molar-refractivity contribution in [2.75, 3.05) is 59.5 Å². The van der Waals surface area contributed by atoms with E-state index in [1.165, 1.54) is 6.07 Å². The zero-order chi connectivity index (χ0) is 38.2. The molecule has 1 aliphatic heterocycles. The minimum absolute atomic E-state index is 0.0822. The van der Waals surface area contributed by atoms with Crippen LogP contribution in [0.25, 0.3) is 22.3 Å². The summed E-state index contributed by atoms with van der Waals surface area (Å²) in [5, 5.41) is 3.04. The van der Waals surface area contributed by atoms with Crippen molar-refractivity contribution in [1.82, 2.24) is 5.32 Å². The van der Waals surface area contributed by atoms with E-state index in [0.717, 1.165) is 3.57 Å². The van der Waals surface area contributed by atoms with E-state index in [0.29, 0.717) is 78.5 Å². The summed E-state index contributed by atoms with van der Waals surface area (Å²) >= 11 is 8.67. The van der Waals surface area contributed by atoms with Crippen molar-refractivity contribution >= 4 is 68.5 Å². The molecule has 3 aromatic carbocycles. The van der Waals surface area contributed by atoms with Gasteiger partial charge in [0.25, 0.3) is 0 Å². The molecule has 0 bridgehead atoms. The highest BCUT2D eigenvalue weighted by Gasteiger charge is 2.48. The number of ketones is 2. The van der Waals surface area contributed by atoms with Crippen LogP contribution >= 0.6 is 34.2 Å². The van der Waals surface area contributed by atoms with Crippen molar-refractivity contribution < 1.29 is 52.0 Å². The minimum atomic E-state index is -1.16. The summed E-state index contributed by atoms with van der Waals surface area (Å²) in [5.41, 5.74) is 1.16. The number of ether oxygens (including phenoxy) is 6. The van der Waals surface area contributed by atoms with Crippen LogP contribution in [0.2, 0.25) is 5.02 Å². The van der Waals surface area contributed by atoms with E-state index in [4.69, 9.17) is 44.4 Å². The minimum Gasteiger partial charge on any atom is -0.493 e. The molecule has 1 fully saturated rings. The van der Waals surface area contributed by atoms with E-state index < -0.39 is 35.2 Å². The monoisotopic (exact) mass is 873 g/mol. The fourth-order valence-electron chi connectivity index (χ4n) is 6.26. The second-order valence-corrected chi connectivity index (χ2v) is 13.9. The molecule has 2 atom stereocenters. The third-order valence-electron chi connectivity index (χ3n) is 8.80. The molecule has 4 aromatic rings. The Morgan fingerprint density at radius 2 is 1.48 bits per heavy atom. The molecule has 0 saturated carbocycles. The Bertz CT molecular complexity index is 2120. The number of fused-ring (bicyclic) bond motifs is 2. The number of halogens is 2. The Morgan fingerprint density at radius 1 is 0.778 bits per heavy atom. The number of piperidine rings is 1. The van der Waals surface area contributed by atoms with Gasteiger partial charge >= 0.3 is 0 Å². The summed E-state index contributed by atoms with van der Waals surface area (Å²) in [4.78, 5) is 63.0. The van der Waals surface area contributed by atoms with E-state index in [2.05, 4.69) is 27.9 Å². The second-order valence-electron chi connectivity index (χ2n) is 12.3. The molecule has 1 aliphatic carbocycles. The van der Waals surface area contributed by atoms with Crippen LogP contribution in [0.5, 0.6) is 17.2 Å². The molecule has 0 radical (unpaired) electrons. The van der Waals surface area contributed by atoms with Gasteiger partial charge in [0.1, 0.15) is 41.8 Å². The molecule has 1 N–H and O–H groups in total. The fourth-order valence-corrected chi connectivity index (χ4v) is 7.14. The van der Waals surface area contributed by atoms with Gasteiger partial charge in [-0.25, -0.2) is 0 Å². The van der Waals surface area contributed by atoms with Crippen LogP contribution in [0.1, 0.15) is 40.5 Å². The molecule has 2 aliphatic rings. The van der Waals surface area contributed by atoms with Crippen LogP contribution < -0.4 is 25.0 Å². The predicted molar refractivity (Wildman–Crippen MR) is 205 cm³/mol. The van der Waals surface area contributed by atoms with Gasteiger partial charge in [0.15, 0.2) is 17.0 Å². The average Bonchev–Trinajstić information content (AvgIpc) is 3.40. The van der Waals surface area contributed by atoms with Crippen molar-refractivity contribution in [3.05, 3.63) is 84.5 Å². The van der Waals surface area contributed by atoms with Crippen molar-refractivity contribution in [2.24, 2.45) is 11.8 Å². The molecule has 15 heteroatoms. The van der Waals surface area contributed by atoms with E-state index in [-0.39, 0.29) is 55.0 Å². The first-order chi connectivity index (χ1) is 26.2. The van der Waals surface area contributed by atoms with Crippen LogP contribution in [-0.2, 0) is 23.8 Å². The van der Waals surface area contributed by atoms with Gasteiger partial charge in [0.05, 0.1) is 77.6 Å². The van der Waals surface area contributed by atoms with Crippen LogP contribution in [-0.4, -0.2) is 82.8 Å². The number of amides is 2. The molecule has 284 valence electrons. The lowest BCUT2D eigenvalue weighted by Gasteiger charge is -2.24. The maximum atomic E-state index is 13.2. The normalized spacial score (nSPS) is 16.8. The molecule has 0 spiro atoms. The summed E-state index contributed by atoms with van der Waals surface area (Å²) < 4.78 is 40.7. The van der Waals surface area contributed by atoms with Gasteiger partial charge in [0, 0.05) is 29.7 Å². The first-order valence-electron chi connectivity index (χ1n) is 17.4. The molecular formula is C39H37ClINO12. The number of nitrogens with one attached hydrogen (secondary N) is 1. The maximum absolute atomic E-state index is 13.2. The number of Topliss-reactive ketones (excluding diaryl/α,β-unsaturated/α-hetero) is 2. The van der Waals surface area contributed by atoms with Crippen LogP contribution in [0.15, 0.2) is 63.8 Å². The van der Waals surface area contributed by atoms with Crippen LogP contribution in [0.3, 0.4) is 0 Å². The Hall–Kier alpha value is -4.35. The summed E-state index contributed by atoms with van der Waals surface area (Å²) in [7, 11) is 0. The van der Waals surface area contributed by atoms with Crippen molar-refractivity contribution in [1.29, 1.82) is 0 Å². The maximum Gasteiger partial charge on any atom is 0.230 e. The van der Waals surface area contributed by atoms with E-state index in [1.54, 1.807) is 48.5 Å². The van der Waals surface area contributed by atoms with Gasteiger partial charge in [-0.05, 0) is 66.3 Å². The summed E-state index contributed by atoms with van der Waals surface area (Å²) in [6.07, 6.45) is 0.229. The molecule has 2 heterocycles. The molecular weight excluding hydrogens is 837 g/mol. The number of benzene rings is 3. The highest BCUT2D eigenvalue weighted by Crippen LogP contribution is 2.39. The van der Waals surface area contributed by atoms with Crippen LogP contribution in [0.4, 0.5) is 0 Å². The SMILES string of the molecule is CCOc1cc2oc(-c3ccc(OCCOCCOCCOCCOc4cccc5c4C(=O)C(C4CCC(=O)NC4=O)C5=O)cc3Cl)cc(=O)c2cc1I. The molecule has 2 unspecified atom stereocenters. The molecule has 1 saturated heterocycles. The number of hydrogen-bond donors (Lipinski definition) is 1. The Labute approximate surface area is 328 Å². The van der Waals surface area contributed by atoms with Gasteiger partial charge in [-0.3, -0.25) is 29.3 Å². The standard InChI is InChI=1S/C39H37ClINO12/c1-2-51-33-21-32-26(19-28(33)41)29(43)20-31(54-32)23-7-6-22(18-27(23)40)52-16-14-49-12-10-48-11-13-50-15-17-53-30-5-3-4-24-35(30)38(46)36(37(24)45)25-8-9-34(44)42-39(25)47/h3-7,18-21,25,36H,2,8-17H2,1H3,(H,42,44,47). The second kappa shape index (κ2) is 18.3. The topological polar surface area (TPSA) is 166 Å². The van der Waals surface area contributed by atoms with E-state index in [9.17, 15) is 24.0 Å². The quantitative estimate of drug-likeness (QED) is 0.0565. The Balaban J connectivity index is 0.848. The zero-order valence-corrected chi connectivity index (χ0v) is 32.2. The molecule has 2 amide bonds. The third kappa shape index (κ3) is 9.12. The van der Waals surface area contributed by atoms with Crippen molar-refractivity contribution in [3.63, 3.8) is 0 Å². The molecule has 13 nitrogen and oxygen atoms in total. The number of imide groups is 1. The lowest BCUT2D eigenvalue weighted by molar-refractivity contribution is -0.137. The fraction of sp³-hybridized carbons (Fsp3) is 0.359. The zero-order valence-electron chi connectivity index (χ0n) is 29.3. The van der Waals surface area contributed by atoms with Crippen LogP contribution in [0, 0.1) is 15.4 Å². The number of carbonyl (C=O) groups excluding carboxylic acids is 4. The summed E-state index contributed by atoms with van der Waals surface area (Å²) in [6, 6.07) is 14.8. The molecule has 6 rings (SSSR count). The lowest BCUT2D eigenvalue weighted by Crippen LogP contribution is -2.46. The number of hydrogen-bond acceptors (Lipinski definition) is 12. The van der Waals surface area contributed by atoms with E-state index in [1.807, 2.05) is 6.92 Å². The van der Waals surface area contributed by atoms with Gasteiger partial charge in [0.2, 0.25) is 11.8 Å². The first-order valence-corrected chi connectivity index (χ1v) is 18.9. The summed E-state index contributed by atoms with van der Waals surface area (Å²) in [6.45, 7) is 4.67. The number of rotatable bonds is 18. The average molecular weight is 874 g/mol. The van der Waals surface area contributed by atoms with Gasteiger partial charge in [-0.15, -0.1) is 0 Å². The van der Waals surface area contributed by atoms with Crippen molar-refractivity contribution in [2.45, 2.75) is 19.8 Å². The highest BCUT2D eigenvalue weighted by molar-refractivity contribution is 14.1. The Morgan fingerprint density at radius 3 is 2.17 bits per heavy atom. The smallest absolute Gasteiger partial charge is 0.230 e. The third-order valence-corrected chi connectivity index (χ3v) is 9.96. The van der Waals surface area contributed by atoms with E-state index >= 15 is 0 Å². The number of carbonyl (C=O) groups is 4. The first kappa shape index (κ1) is 39.3. The molecule has 1 aromatic heterocycles. The largest absolute Gasteiger partial charge is 0.493 e. The van der Waals surface area contributed by atoms with Gasteiger partial charge in [-0.2, -0.15) is 0 Å². The van der Waals surface area contributed by atoms with Gasteiger partial charge < -0.3 is 32.8 Å². The summed E-state index contributed by atoms with van der Waals surface area (Å²) in [5.74, 6) is -2.18. The lowest BCUT2D eigenvalue weighted by atomic mass is 9.82. The van der Waals surface area contributed by atoms with Crippen molar-refractivity contribution in [3.8, 4) is 28.6 Å². The predicted octanol–water partition coefficient (Wildman–Crippen LogP) is 5.67.